The van der Waals surface area contributed by atoms with E-state index in [1.54, 1.807) is 0 Å². The summed E-state index contributed by atoms with van der Waals surface area (Å²) in [7, 11) is 0. The van der Waals surface area contributed by atoms with Crippen molar-refractivity contribution in [1.29, 1.82) is 0 Å². The van der Waals surface area contributed by atoms with Crippen LogP contribution in [0, 0.1) is 12.8 Å². The summed E-state index contributed by atoms with van der Waals surface area (Å²) >= 11 is 3.44. The number of rotatable bonds is 5. The van der Waals surface area contributed by atoms with Crippen molar-refractivity contribution in [2.45, 2.75) is 45.0 Å². The van der Waals surface area contributed by atoms with Gasteiger partial charge in [-0.25, -0.2) is 0 Å². The van der Waals surface area contributed by atoms with Gasteiger partial charge in [-0.1, -0.05) is 40.2 Å². The topological polar surface area (TPSA) is 44.8 Å². The minimum absolute atomic E-state index is 0.0316. The maximum atomic E-state index is 12.8. The van der Waals surface area contributed by atoms with Crippen LogP contribution in [0.3, 0.4) is 0 Å². The molecule has 1 fully saturated rings. The molecular formula is C23H23BrO4. The highest BCUT2D eigenvalue weighted by Gasteiger charge is 2.41. The van der Waals surface area contributed by atoms with E-state index in [-0.39, 0.29) is 23.9 Å². The van der Waals surface area contributed by atoms with E-state index in [4.69, 9.17) is 14.2 Å². The third-order valence-electron chi connectivity index (χ3n) is 5.29. The van der Waals surface area contributed by atoms with Gasteiger partial charge in [0.05, 0.1) is 18.6 Å². The van der Waals surface area contributed by atoms with E-state index in [1.165, 1.54) is 6.26 Å². The maximum Gasteiger partial charge on any atom is 0.207 e. The lowest BCUT2D eigenvalue weighted by Crippen LogP contribution is -2.42. The summed E-state index contributed by atoms with van der Waals surface area (Å²) in [5.74, 6) is 0.829. The van der Waals surface area contributed by atoms with Crippen LogP contribution in [0.4, 0.5) is 0 Å². The Morgan fingerprint density at radius 2 is 1.96 bits per heavy atom. The standard InChI is InChI=1S/C23H23BrO4/c1-15-3-2-4-19(11-15)28-22-14-27-21-12-18(9-10-20(21)23(22)25)26-13-16-5-7-17(24)8-6-16/h2-8,11,14,18,20-21H,9-10,12-13H2,1H3. The molecule has 5 heteroatoms. The molecule has 0 aromatic heterocycles. The second-order valence-electron chi connectivity index (χ2n) is 7.42. The molecule has 4 nitrogen and oxygen atoms in total. The van der Waals surface area contributed by atoms with Gasteiger partial charge < -0.3 is 14.2 Å². The molecular weight excluding hydrogens is 420 g/mol. The number of ether oxygens (including phenoxy) is 3. The van der Waals surface area contributed by atoms with Gasteiger partial charge in [0.1, 0.15) is 18.1 Å². The van der Waals surface area contributed by atoms with Gasteiger partial charge in [0.15, 0.2) is 0 Å². The van der Waals surface area contributed by atoms with Crippen molar-refractivity contribution in [3.8, 4) is 5.75 Å². The Morgan fingerprint density at radius 1 is 1.14 bits per heavy atom. The second-order valence-corrected chi connectivity index (χ2v) is 8.33. The van der Waals surface area contributed by atoms with Crippen molar-refractivity contribution in [3.05, 3.63) is 76.2 Å². The minimum atomic E-state index is -0.155. The van der Waals surface area contributed by atoms with Gasteiger partial charge in [-0.3, -0.25) is 4.79 Å². The number of hydrogen-bond donors (Lipinski definition) is 0. The Kier molecular flexibility index (Phi) is 5.83. The molecule has 0 amide bonds. The molecule has 3 atom stereocenters. The second kappa shape index (κ2) is 8.50. The Morgan fingerprint density at radius 3 is 2.75 bits per heavy atom. The van der Waals surface area contributed by atoms with E-state index < -0.39 is 0 Å². The predicted octanol–water partition coefficient (Wildman–Crippen LogP) is 5.33. The first kappa shape index (κ1) is 19.2. The molecule has 0 spiro atoms. The van der Waals surface area contributed by atoms with Gasteiger partial charge in [0.2, 0.25) is 11.5 Å². The number of aryl methyl sites for hydroxylation is 1. The Bertz CT molecular complexity index is 874. The number of allylic oxidation sites excluding steroid dienone is 1. The van der Waals surface area contributed by atoms with Crippen molar-refractivity contribution in [1.82, 2.24) is 0 Å². The third-order valence-corrected chi connectivity index (χ3v) is 5.82. The number of benzene rings is 2. The van der Waals surface area contributed by atoms with E-state index in [0.717, 1.165) is 34.9 Å². The van der Waals surface area contributed by atoms with Gasteiger partial charge in [-0.05, 0) is 55.2 Å². The largest absolute Gasteiger partial charge is 0.493 e. The Balaban J connectivity index is 1.35. The zero-order chi connectivity index (χ0) is 19.5. The van der Waals surface area contributed by atoms with Crippen LogP contribution in [-0.2, 0) is 20.9 Å². The SMILES string of the molecule is Cc1cccc(OC2=COC3CC(OCc4ccc(Br)cc4)CCC3C2=O)c1. The van der Waals surface area contributed by atoms with Crippen molar-refractivity contribution >= 4 is 21.7 Å². The molecule has 1 aliphatic carbocycles. The first-order valence-electron chi connectivity index (χ1n) is 9.59. The predicted molar refractivity (Wildman–Crippen MR) is 110 cm³/mol. The number of hydrogen-bond acceptors (Lipinski definition) is 4. The van der Waals surface area contributed by atoms with Gasteiger partial charge in [-0.2, -0.15) is 0 Å². The van der Waals surface area contributed by atoms with Gasteiger partial charge in [-0.15, -0.1) is 0 Å². The molecule has 1 saturated carbocycles. The average Bonchev–Trinajstić information content (AvgIpc) is 2.70. The minimum Gasteiger partial charge on any atom is -0.493 e. The molecule has 2 aliphatic rings. The highest BCUT2D eigenvalue weighted by molar-refractivity contribution is 9.10. The molecule has 0 saturated heterocycles. The number of Topliss-reactive ketones (excluding diaryl/α,β-unsaturated/α-hetero) is 1. The van der Waals surface area contributed by atoms with Crippen LogP contribution >= 0.6 is 15.9 Å². The smallest absolute Gasteiger partial charge is 0.207 e. The van der Waals surface area contributed by atoms with E-state index in [0.29, 0.717) is 18.1 Å². The van der Waals surface area contributed by atoms with Crippen molar-refractivity contribution in [2.24, 2.45) is 5.92 Å². The normalized spacial score (nSPS) is 24.1. The van der Waals surface area contributed by atoms with Crippen LogP contribution in [0.5, 0.6) is 5.75 Å². The molecule has 1 aliphatic heterocycles. The van der Waals surface area contributed by atoms with Crippen molar-refractivity contribution in [2.75, 3.05) is 0 Å². The number of fused-ring (bicyclic) bond motifs is 1. The molecule has 0 N–H and O–H groups in total. The van der Waals surface area contributed by atoms with E-state index >= 15 is 0 Å². The van der Waals surface area contributed by atoms with Crippen LogP contribution in [0.25, 0.3) is 0 Å². The lowest BCUT2D eigenvalue weighted by atomic mass is 9.80. The third kappa shape index (κ3) is 4.47. The van der Waals surface area contributed by atoms with Gasteiger partial charge in [0.25, 0.3) is 0 Å². The molecule has 146 valence electrons. The molecule has 3 unspecified atom stereocenters. The Labute approximate surface area is 173 Å². The van der Waals surface area contributed by atoms with Crippen LogP contribution in [-0.4, -0.2) is 18.0 Å². The molecule has 4 rings (SSSR count). The van der Waals surface area contributed by atoms with Gasteiger partial charge >= 0.3 is 0 Å². The van der Waals surface area contributed by atoms with Crippen molar-refractivity contribution in [3.63, 3.8) is 0 Å². The summed E-state index contributed by atoms with van der Waals surface area (Å²) < 4.78 is 18.8. The van der Waals surface area contributed by atoms with Crippen LogP contribution < -0.4 is 4.74 Å². The lowest BCUT2D eigenvalue weighted by Gasteiger charge is -2.37. The van der Waals surface area contributed by atoms with Crippen LogP contribution in [0.1, 0.15) is 30.4 Å². The zero-order valence-electron chi connectivity index (χ0n) is 15.8. The summed E-state index contributed by atoms with van der Waals surface area (Å²) in [5.41, 5.74) is 2.23. The summed E-state index contributed by atoms with van der Waals surface area (Å²) in [4.78, 5) is 12.8. The lowest BCUT2D eigenvalue weighted by molar-refractivity contribution is -0.134. The molecule has 1 heterocycles. The molecule has 28 heavy (non-hydrogen) atoms. The summed E-state index contributed by atoms with van der Waals surface area (Å²) in [6.45, 7) is 2.56. The molecule has 2 aromatic carbocycles. The van der Waals surface area contributed by atoms with Gasteiger partial charge in [0, 0.05) is 10.9 Å². The zero-order valence-corrected chi connectivity index (χ0v) is 17.4. The van der Waals surface area contributed by atoms with Crippen LogP contribution in [0.15, 0.2) is 65.0 Å². The van der Waals surface area contributed by atoms with Crippen LogP contribution in [0.2, 0.25) is 0 Å². The number of carbonyl (C=O) groups is 1. The fourth-order valence-electron chi connectivity index (χ4n) is 3.76. The highest BCUT2D eigenvalue weighted by atomic mass is 79.9. The van der Waals surface area contributed by atoms with Crippen molar-refractivity contribution < 1.29 is 19.0 Å². The average molecular weight is 443 g/mol. The first-order valence-corrected chi connectivity index (χ1v) is 10.4. The first-order chi connectivity index (χ1) is 13.6. The molecule has 0 radical (unpaired) electrons. The summed E-state index contributed by atoms with van der Waals surface area (Å²) in [6.07, 6.45) is 3.77. The van der Waals surface area contributed by atoms with E-state index in [1.807, 2.05) is 55.5 Å². The summed E-state index contributed by atoms with van der Waals surface area (Å²) in [5, 5.41) is 0. The molecule has 0 bridgehead atoms. The number of ketones is 1. The molecule has 2 aromatic rings. The van der Waals surface area contributed by atoms with E-state index in [9.17, 15) is 4.79 Å². The number of halogens is 1. The quantitative estimate of drug-likeness (QED) is 0.627. The maximum absolute atomic E-state index is 12.8. The van der Waals surface area contributed by atoms with E-state index in [2.05, 4.69) is 15.9 Å². The monoisotopic (exact) mass is 442 g/mol. The Hall–Kier alpha value is -2.11. The highest BCUT2D eigenvalue weighted by Crippen LogP contribution is 2.35. The number of carbonyl (C=O) groups excluding carboxylic acids is 1. The fraction of sp³-hybridized carbons (Fsp3) is 0.348. The summed E-state index contributed by atoms with van der Waals surface area (Å²) in [6, 6.07) is 15.8. The fourth-order valence-corrected chi connectivity index (χ4v) is 4.02.